The lowest BCUT2D eigenvalue weighted by Crippen LogP contribution is -2.38. The second-order valence-electron chi connectivity index (χ2n) is 6.89. The Kier molecular flexibility index (Phi) is 8.44. The Morgan fingerprint density at radius 2 is 1.65 bits per heavy atom. The zero-order valence-electron chi connectivity index (χ0n) is 14.0. The smallest absolute Gasteiger partial charge is 0.140 e. The minimum Gasteiger partial charge on any atom is -0.316 e. The molecule has 1 saturated heterocycles. The van der Waals surface area contributed by atoms with Gasteiger partial charge in [0.1, 0.15) is 5.78 Å². The van der Waals surface area contributed by atoms with Crippen LogP contribution < -0.4 is 5.32 Å². The molecule has 1 fully saturated rings. The van der Waals surface area contributed by atoms with Crippen molar-refractivity contribution in [2.45, 2.75) is 85.0 Å². The zero-order valence-corrected chi connectivity index (χ0v) is 14.0. The maximum atomic E-state index is 12.5. The number of hydrogen-bond donors (Lipinski definition) is 1. The topological polar surface area (TPSA) is 29.1 Å². The largest absolute Gasteiger partial charge is 0.316 e. The Morgan fingerprint density at radius 3 is 2.15 bits per heavy atom. The third-order valence-electron chi connectivity index (χ3n) is 5.11. The van der Waals surface area contributed by atoms with Gasteiger partial charge >= 0.3 is 0 Å². The van der Waals surface area contributed by atoms with E-state index in [1.165, 1.54) is 44.9 Å². The molecule has 0 aromatic heterocycles. The molecule has 118 valence electrons. The average molecular weight is 281 g/mol. The predicted octanol–water partition coefficient (Wildman–Crippen LogP) is 4.72. The summed E-state index contributed by atoms with van der Waals surface area (Å²) in [4.78, 5) is 12.5. The summed E-state index contributed by atoms with van der Waals surface area (Å²) in [5.74, 6) is 0.988. The van der Waals surface area contributed by atoms with E-state index in [1.807, 2.05) is 0 Å². The van der Waals surface area contributed by atoms with Gasteiger partial charge in [-0.2, -0.15) is 0 Å². The number of unbranched alkanes of at least 4 members (excludes halogenated alkanes) is 7. The fraction of sp³-hybridized carbons (Fsp3) is 0.944. The molecule has 1 aliphatic rings. The van der Waals surface area contributed by atoms with Crippen LogP contribution in [-0.2, 0) is 4.79 Å². The molecule has 0 aromatic carbocycles. The van der Waals surface area contributed by atoms with E-state index in [0.717, 1.165) is 32.4 Å². The maximum absolute atomic E-state index is 12.5. The first-order valence-corrected chi connectivity index (χ1v) is 8.87. The SMILES string of the molecule is CCCCCCCCCCC(=O)C1(C(C)C)CCNC1. The third-order valence-corrected chi connectivity index (χ3v) is 5.11. The molecule has 1 unspecified atom stereocenters. The van der Waals surface area contributed by atoms with Gasteiger partial charge in [-0.25, -0.2) is 0 Å². The summed E-state index contributed by atoms with van der Waals surface area (Å²) in [6, 6.07) is 0. The Morgan fingerprint density at radius 1 is 1.05 bits per heavy atom. The molecule has 0 bridgehead atoms. The summed E-state index contributed by atoms with van der Waals surface area (Å²) in [7, 11) is 0. The highest BCUT2D eigenvalue weighted by Crippen LogP contribution is 2.36. The van der Waals surface area contributed by atoms with Crippen LogP contribution in [0.1, 0.15) is 85.0 Å². The molecule has 2 nitrogen and oxygen atoms in total. The van der Waals surface area contributed by atoms with Crippen LogP contribution in [0.5, 0.6) is 0 Å². The molecule has 0 radical (unpaired) electrons. The molecule has 20 heavy (non-hydrogen) atoms. The molecule has 1 aliphatic heterocycles. The third kappa shape index (κ3) is 5.20. The second-order valence-corrected chi connectivity index (χ2v) is 6.89. The molecule has 1 N–H and O–H groups in total. The van der Waals surface area contributed by atoms with E-state index in [1.54, 1.807) is 0 Å². The van der Waals surface area contributed by atoms with Crippen molar-refractivity contribution >= 4 is 5.78 Å². The average Bonchev–Trinajstić information content (AvgIpc) is 2.92. The van der Waals surface area contributed by atoms with Gasteiger partial charge in [-0.05, 0) is 25.3 Å². The molecular weight excluding hydrogens is 246 g/mol. The number of carbonyl (C=O) groups excluding carboxylic acids is 1. The summed E-state index contributed by atoms with van der Waals surface area (Å²) in [6.45, 7) is 8.59. The summed E-state index contributed by atoms with van der Waals surface area (Å²) in [5.41, 5.74) is -0.0544. The molecule has 2 heteroatoms. The van der Waals surface area contributed by atoms with Crippen molar-refractivity contribution in [2.24, 2.45) is 11.3 Å². The molecule has 1 heterocycles. The minimum atomic E-state index is -0.0544. The van der Waals surface area contributed by atoms with Crippen LogP contribution in [0.15, 0.2) is 0 Å². The summed E-state index contributed by atoms with van der Waals surface area (Å²) < 4.78 is 0. The normalized spacial score (nSPS) is 22.6. The molecule has 0 aliphatic carbocycles. The van der Waals surface area contributed by atoms with Gasteiger partial charge in [0.2, 0.25) is 0 Å². The fourth-order valence-corrected chi connectivity index (χ4v) is 3.43. The van der Waals surface area contributed by atoms with Crippen LogP contribution in [0.4, 0.5) is 0 Å². The van der Waals surface area contributed by atoms with Crippen molar-refractivity contribution in [1.82, 2.24) is 5.32 Å². The summed E-state index contributed by atoms with van der Waals surface area (Å²) >= 11 is 0. The molecule has 1 atom stereocenters. The van der Waals surface area contributed by atoms with Crippen LogP contribution in [0, 0.1) is 11.3 Å². The van der Waals surface area contributed by atoms with Crippen LogP contribution in [-0.4, -0.2) is 18.9 Å². The highest BCUT2D eigenvalue weighted by atomic mass is 16.1. The molecule has 0 amide bonds. The Hall–Kier alpha value is -0.370. The minimum absolute atomic E-state index is 0.0544. The van der Waals surface area contributed by atoms with Gasteiger partial charge in [-0.3, -0.25) is 4.79 Å². The zero-order chi connectivity index (χ0) is 14.8. The lowest BCUT2D eigenvalue weighted by atomic mass is 9.71. The molecule has 0 spiro atoms. The maximum Gasteiger partial charge on any atom is 0.140 e. The van der Waals surface area contributed by atoms with Gasteiger partial charge in [-0.15, -0.1) is 0 Å². The molecule has 1 rings (SSSR count). The van der Waals surface area contributed by atoms with Crippen molar-refractivity contribution in [3.63, 3.8) is 0 Å². The second kappa shape index (κ2) is 9.55. The van der Waals surface area contributed by atoms with Crippen molar-refractivity contribution in [2.75, 3.05) is 13.1 Å². The quantitative estimate of drug-likeness (QED) is 0.555. The van der Waals surface area contributed by atoms with Gasteiger partial charge in [0, 0.05) is 18.4 Å². The van der Waals surface area contributed by atoms with Gasteiger partial charge in [0.15, 0.2) is 0 Å². The van der Waals surface area contributed by atoms with E-state index in [2.05, 4.69) is 26.1 Å². The molecule has 0 saturated carbocycles. The number of hydrogen-bond acceptors (Lipinski definition) is 2. The summed E-state index contributed by atoms with van der Waals surface area (Å²) in [6.07, 6.45) is 12.3. The van der Waals surface area contributed by atoms with Gasteiger partial charge in [0.25, 0.3) is 0 Å². The number of carbonyl (C=O) groups is 1. The highest BCUT2D eigenvalue weighted by Gasteiger charge is 2.42. The van der Waals surface area contributed by atoms with E-state index in [9.17, 15) is 4.79 Å². The van der Waals surface area contributed by atoms with Crippen molar-refractivity contribution in [3.8, 4) is 0 Å². The number of rotatable bonds is 11. The predicted molar refractivity (Wildman–Crippen MR) is 87.0 cm³/mol. The van der Waals surface area contributed by atoms with E-state index in [0.29, 0.717) is 11.7 Å². The lowest BCUT2D eigenvalue weighted by Gasteiger charge is -2.31. The van der Waals surface area contributed by atoms with E-state index in [-0.39, 0.29) is 5.41 Å². The van der Waals surface area contributed by atoms with Crippen LogP contribution in [0.25, 0.3) is 0 Å². The van der Waals surface area contributed by atoms with Crippen LogP contribution in [0.3, 0.4) is 0 Å². The first kappa shape index (κ1) is 17.7. The first-order chi connectivity index (χ1) is 9.63. The monoisotopic (exact) mass is 281 g/mol. The highest BCUT2D eigenvalue weighted by molar-refractivity contribution is 5.85. The Balaban J connectivity index is 2.13. The van der Waals surface area contributed by atoms with Crippen LogP contribution in [0.2, 0.25) is 0 Å². The Bertz CT molecular complexity index is 267. The van der Waals surface area contributed by atoms with Crippen molar-refractivity contribution in [1.29, 1.82) is 0 Å². The number of Topliss-reactive ketones (excluding diaryl/α,β-unsaturated/α-hetero) is 1. The first-order valence-electron chi connectivity index (χ1n) is 8.87. The van der Waals surface area contributed by atoms with Gasteiger partial charge in [0.05, 0.1) is 0 Å². The van der Waals surface area contributed by atoms with E-state index >= 15 is 0 Å². The number of nitrogens with one attached hydrogen (secondary N) is 1. The fourth-order valence-electron chi connectivity index (χ4n) is 3.43. The van der Waals surface area contributed by atoms with Crippen molar-refractivity contribution < 1.29 is 4.79 Å². The van der Waals surface area contributed by atoms with E-state index < -0.39 is 0 Å². The summed E-state index contributed by atoms with van der Waals surface area (Å²) in [5, 5.41) is 3.38. The standard InChI is InChI=1S/C18H35NO/c1-4-5-6-7-8-9-10-11-12-17(20)18(16(2)3)13-14-19-15-18/h16,19H,4-15H2,1-3H3. The molecular formula is C18H35NO. The lowest BCUT2D eigenvalue weighted by molar-refractivity contribution is -0.130. The van der Waals surface area contributed by atoms with Crippen LogP contribution >= 0.6 is 0 Å². The van der Waals surface area contributed by atoms with Crippen molar-refractivity contribution in [3.05, 3.63) is 0 Å². The molecule has 0 aromatic rings. The number of ketones is 1. The Labute approximate surface area is 126 Å². The van der Waals surface area contributed by atoms with Gasteiger partial charge < -0.3 is 5.32 Å². The van der Waals surface area contributed by atoms with Gasteiger partial charge in [-0.1, -0.05) is 65.7 Å². The van der Waals surface area contributed by atoms with E-state index in [4.69, 9.17) is 0 Å².